The molecule has 2 aromatic carbocycles. The van der Waals surface area contributed by atoms with Crippen LogP contribution in [0, 0.1) is 5.82 Å². The number of nitrogens with one attached hydrogen (secondary N) is 2. The Hall–Kier alpha value is -2.82. The lowest BCUT2D eigenvalue weighted by atomic mass is 10.1. The van der Waals surface area contributed by atoms with E-state index in [1.165, 1.54) is 12.1 Å². The lowest BCUT2D eigenvalue weighted by Crippen LogP contribution is -2.15. The van der Waals surface area contributed by atoms with E-state index in [0.717, 1.165) is 22.3 Å². The maximum atomic E-state index is 12.9. The molecule has 0 atom stereocenters. The Kier molecular flexibility index (Phi) is 4.28. The summed E-state index contributed by atoms with van der Waals surface area (Å²) in [5, 5.41) is 4.05. The van der Waals surface area contributed by atoms with Crippen LogP contribution in [0.5, 0.6) is 5.75 Å². The number of fused-ring (bicyclic) bond motifs is 1. The van der Waals surface area contributed by atoms with Crippen LogP contribution in [-0.2, 0) is 6.54 Å². The molecule has 118 valence electrons. The van der Waals surface area contributed by atoms with Gasteiger partial charge in [0, 0.05) is 23.9 Å². The molecule has 0 spiro atoms. The van der Waals surface area contributed by atoms with Crippen LogP contribution in [0.1, 0.15) is 12.5 Å². The number of halogens is 1. The maximum Gasteiger partial charge on any atom is 0.253 e. The highest BCUT2D eigenvalue weighted by molar-refractivity contribution is 5.80. The van der Waals surface area contributed by atoms with Gasteiger partial charge in [0.2, 0.25) is 0 Å². The summed E-state index contributed by atoms with van der Waals surface area (Å²) in [7, 11) is 0. The number of aromatic amines is 1. The summed E-state index contributed by atoms with van der Waals surface area (Å²) < 4.78 is 18.3. The number of ether oxygens (including phenoxy) is 1. The monoisotopic (exact) mass is 312 g/mol. The molecule has 5 heteroatoms. The van der Waals surface area contributed by atoms with Crippen LogP contribution < -0.4 is 15.6 Å². The van der Waals surface area contributed by atoms with E-state index in [4.69, 9.17) is 4.74 Å². The molecule has 3 rings (SSSR count). The summed E-state index contributed by atoms with van der Waals surface area (Å²) in [6.45, 7) is 2.86. The second-order valence-electron chi connectivity index (χ2n) is 5.17. The first-order valence-corrected chi connectivity index (χ1v) is 7.44. The molecule has 0 fully saturated rings. The quantitative estimate of drug-likeness (QED) is 0.755. The van der Waals surface area contributed by atoms with Gasteiger partial charge in [0.25, 0.3) is 5.56 Å². The highest BCUT2D eigenvalue weighted by Gasteiger charge is 2.04. The Morgan fingerprint density at radius 1 is 1.13 bits per heavy atom. The van der Waals surface area contributed by atoms with Crippen molar-refractivity contribution in [3.63, 3.8) is 0 Å². The van der Waals surface area contributed by atoms with Crippen LogP contribution in [0.2, 0.25) is 0 Å². The SMILES string of the molecule is CCOc1ccc2cc(CNc3ccc(F)cc3)c(=O)[nH]c2c1. The second-order valence-corrected chi connectivity index (χ2v) is 5.17. The lowest BCUT2D eigenvalue weighted by molar-refractivity contribution is 0.340. The molecular weight excluding hydrogens is 295 g/mol. The van der Waals surface area contributed by atoms with Gasteiger partial charge >= 0.3 is 0 Å². The van der Waals surface area contributed by atoms with Crippen molar-refractivity contribution in [2.45, 2.75) is 13.5 Å². The Morgan fingerprint density at radius 3 is 2.65 bits per heavy atom. The normalized spacial score (nSPS) is 10.7. The van der Waals surface area contributed by atoms with Crippen molar-refractivity contribution in [1.29, 1.82) is 0 Å². The lowest BCUT2D eigenvalue weighted by Gasteiger charge is -2.08. The second kappa shape index (κ2) is 6.52. The van der Waals surface area contributed by atoms with E-state index in [-0.39, 0.29) is 11.4 Å². The molecule has 0 amide bonds. The minimum atomic E-state index is -0.288. The van der Waals surface area contributed by atoms with Crippen molar-refractivity contribution < 1.29 is 9.13 Å². The number of anilines is 1. The molecule has 2 N–H and O–H groups in total. The van der Waals surface area contributed by atoms with Gasteiger partial charge in [0.05, 0.1) is 12.1 Å². The van der Waals surface area contributed by atoms with E-state index >= 15 is 0 Å². The van der Waals surface area contributed by atoms with Crippen molar-refractivity contribution in [3.8, 4) is 5.75 Å². The van der Waals surface area contributed by atoms with Crippen LogP contribution in [0.3, 0.4) is 0 Å². The average molecular weight is 312 g/mol. The predicted octanol–water partition coefficient (Wildman–Crippen LogP) is 3.68. The fourth-order valence-corrected chi connectivity index (χ4v) is 2.38. The first kappa shape index (κ1) is 15.1. The van der Waals surface area contributed by atoms with Gasteiger partial charge in [-0.2, -0.15) is 0 Å². The Balaban J connectivity index is 1.83. The third kappa shape index (κ3) is 3.51. The van der Waals surface area contributed by atoms with E-state index < -0.39 is 0 Å². The number of aromatic nitrogens is 1. The molecule has 4 nitrogen and oxygen atoms in total. The molecule has 0 saturated carbocycles. The van der Waals surface area contributed by atoms with E-state index in [9.17, 15) is 9.18 Å². The molecule has 3 aromatic rings. The first-order valence-electron chi connectivity index (χ1n) is 7.44. The van der Waals surface area contributed by atoms with Gasteiger partial charge in [0.15, 0.2) is 0 Å². The topological polar surface area (TPSA) is 54.1 Å². The van der Waals surface area contributed by atoms with Crippen LogP contribution in [-0.4, -0.2) is 11.6 Å². The summed E-state index contributed by atoms with van der Waals surface area (Å²) in [5.74, 6) is 0.442. The fraction of sp³-hybridized carbons (Fsp3) is 0.167. The molecule has 0 radical (unpaired) electrons. The highest BCUT2D eigenvalue weighted by atomic mass is 19.1. The van der Waals surface area contributed by atoms with Crippen molar-refractivity contribution in [1.82, 2.24) is 4.98 Å². The van der Waals surface area contributed by atoms with E-state index in [2.05, 4.69) is 10.3 Å². The van der Waals surface area contributed by atoms with Gasteiger partial charge < -0.3 is 15.0 Å². The average Bonchev–Trinajstić information content (AvgIpc) is 2.55. The third-order valence-electron chi connectivity index (χ3n) is 3.53. The zero-order valence-electron chi connectivity index (χ0n) is 12.7. The third-order valence-corrected chi connectivity index (χ3v) is 3.53. The molecule has 0 aliphatic heterocycles. The Labute approximate surface area is 132 Å². The number of hydrogen-bond donors (Lipinski definition) is 2. The van der Waals surface area contributed by atoms with E-state index in [0.29, 0.717) is 18.7 Å². The van der Waals surface area contributed by atoms with Gasteiger partial charge in [-0.1, -0.05) is 0 Å². The standard InChI is InChI=1S/C18H17FN2O2/c1-2-23-16-8-3-12-9-13(18(22)21-17(12)10-16)11-20-15-6-4-14(19)5-7-15/h3-10,20H,2,11H2,1H3,(H,21,22). The van der Waals surface area contributed by atoms with E-state index in [1.54, 1.807) is 12.1 Å². The summed E-state index contributed by atoms with van der Waals surface area (Å²) in [6, 6.07) is 13.5. The van der Waals surface area contributed by atoms with Gasteiger partial charge in [-0.05, 0) is 54.8 Å². The summed E-state index contributed by atoms with van der Waals surface area (Å²) >= 11 is 0. The van der Waals surface area contributed by atoms with Crippen LogP contribution in [0.25, 0.3) is 10.9 Å². The number of H-pyrrole nitrogens is 1. The molecule has 1 heterocycles. The summed E-state index contributed by atoms with van der Waals surface area (Å²) in [6.07, 6.45) is 0. The molecule has 0 aliphatic carbocycles. The van der Waals surface area contributed by atoms with Gasteiger partial charge in [0.1, 0.15) is 11.6 Å². The van der Waals surface area contributed by atoms with Gasteiger partial charge in [-0.25, -0.2) is 4.39 Å². The van der Waals surface area contributed by atoms with Crippen molar-refractivity contribution in [3.05, 3.63) is 70.3 Å². The van der Waals surface area contributed by atoms with E-state index in [1.807, 2.05) is 31.2 Å². The minimum absolute atomic E-state index is 0.152. The number of hydrogen-bond acceptors (Lipinski definition) is 3. The molecule has 0 unspecified atom stereocenters. The fourth-order valence-electron chi connectivity index (χ4n) is 2.38. The maximum absolute atomic E-state index is 12.9. The largest absolute Gasteiger partial charge is 0.494 e. The predicted molar refractivity (Wildman–Crippen MR) is 89.5 cm³/mol. The van der Waals surface area contributed by atoms with Gasteiger partial charge in [-0.15, -0.1) is 0 Å². The van der Waals surface area contributed by atoms with Crippen molar-refractivity contribution in [2.24, 2.45) is 0 Å². The number of benzene rings is 2. The van der Waals surface area contributed by atoms with Crippen molar-refractivity contribution >= 4 is 16.6 Å². The highest BCUT2D eigenvalue weighted by Crippen LogP contribution is 2.19. The van der Waals surface area contributed by atoms with Crippen molar-refractivity contribution in [2.75, 3.05) is 11.9 Å². The van der Waals surface area contributed by atoms with Crippen LogP contribution >= 0.6 is 0 Å². The zero-order valence-corrected chi connectivity index (χ0v) is 12.7. The smallest absolute Gasteiger partial charge is 0.253 e. The Bertz CT molecular complexity index is 872. The first-order chi connectivity index (χ1) is 11.2. The molecule has 0 saturated heterocycles. The molecule has 23 heavy (non-hydrogen) atoms. The molecule has 1 aromatic heterocycles. The number of rotatable bonds is 5. The zero-order chi connectivity index (χ0) is 16.2. The summed E-state index contributed by atoms with van der Waals surface area (Å²) in [4.78, 5) is 15.0. The summed E-state index contributed by atoms with van der Waals surface area (Å²) in [5.41, 5.74) is 1.97. The molecular formula is C18H17FN2O2. The molecule has 0 bridgehead atoms. The molecule has 0 aliphatic rings. The van der Waals surface area contributed by atoms with Gasteiger partial charge in [-0.3, -0.25) is 4.79 Å². The van der Waals surface area contributed by atoms with Crippen LogP contribution in [0.4, 0.5) is 10.1 Å². The number of pyridine rings is 1. The Morgan fingerprint density at radius 2 is 1.91 bits per heavy atom. The minimum Gasteiger partial charge on any atom is -0.494 e. The van der Waals surface area contributed by atoms with Crippen LogP contribution in [0.15, 0.2) is 53.3 Å².